The fourth-order valence-corrected chi connectivity index (χ4v) is 1.75. The third-order valence-corrected chi connectivity index (χ3v) is 2.54. The molecule has 88 valence electrons. The average molecular weight is 232 g/mol. The molecule has 2 rings (SSSR count). The van der Waals surface area contributed by atoms with E-state index in [0.717, 1.165) is 5.56 Å². The highest BCUT2D eigenvalue weighted by Gasteiger charge is 2.08. The number of benzene rings is 1. The van der Waals surface area contributed by atoms with Crippen molar-refractivity contribution in [2.75, 3.05) is 5.73 Å². The molecule has 4 heteroatoms. The highest BCUT2D eigenvalue weighted by molar-refractivity contribution is 5.93. The number of ketones is 1. The Balaban J connectivity index is 2.29. The van der Waals surface area contributed by atoms with E-state index in [1.54, 1.807) is 29.0 Å². The van der Waals surface area contributed by atoms with Crippen LogP contribution in [0.1, 0.15) is 23.0 Å². The first kappa shape index (κ1) is 11.4. The van der Waals surface area contributed by atoms with E-state index < -0.39 is 0 Å². The number of carbonyl (C=O) groups is 1. The van der Waals surface area contributed by atoms with Crippen molar-refractivity contribution in [3.63, 3.8) is 0 Å². The Labute approximate surface area is 98.7 Å². The highest BCUT2D eigenvalue weighted by Crippen LogP contribution is 2.14. The zero-order valence-electron chi connectivity index (χ0n) is 9.48. The molecule has 1 aromatic heterocycles. The van der Waals surface area contributed by atoms with Crippen LogP contribution in [0.4, 0.5) is 10.1 Å². The van der Waals surface area contributed by atoms with E-state index in [2.05, 4.69) is 0 Å². The summed E-state index contributed by atoms with van der Waals surface area (Å²) in [6, 6.07) is 7.82. The van der Waals surface area contributed by atoms with Crippen molar-refractivity contribution in [2.45, 2.75) is 13.5 Å². The molecule has 2 aromatic rings. The number of nitrogens with zero attached hydrogens (tertiary/aromatic N) is 1. The molecule has 0 saturated carbocycles. The third kappa shape index (κ3) is 2.53. The number of anilines is 1. The Morgan fingerprint density at radius 2 is 2.00 bits per heavy atom. The van der Waals surface area contributed by atoms with Crippen LogP contribution in [-0.2, 0) is 6.54 Å². The van der Waals surface area contributed by atoms with Gasteiger partial charge in [0.25, 0.3) is 0 Å². The fourth-order valence-electron chi connectivity index (χ4n) is 1.75. The van der Waals surface area contributed by atoms with Gasteiger partial charge >= 0.3 is 0 Å². The van der Waals surface area contributed by atoms with Gasteiger partial charge in [-0.15, -0.1) is 0 Å². The number of hydrogen-bond acceptors (Lipinski definition) is 2. The topological polar surface area (TPSA) is 48.0 Å². The van der Waals surface area contributed by atoms with E-state index in [-0.39, 0.29) is 11.6 Å². The van der Waals surface area contributed by atoms with E-state index >= 15 is 0 Å². The first-order valence-electron chi connectivity index (χ1n) is 5.27. The molecule has 0 amide bonds. The number of nitrogens with two attached hydrogens (primary N) is 1. The van der Waals surface area contributed by atoms with Gasteiger partial charge in [0.1, 0.15) is 5.82 Å². The van der Waals surface area contributed by atoms with Crippen LogP contribution in [0, 0.1) is 5.82 Å². The molecular formula is C13H13FN2O. The summed E-state index contributed by atoms with van der Waals surface area (Å²) in [5.41, 5.74) is 7.70. The standard InChI is InChI=1S/C13H13FN2O/c1-9(17)13-6-12(15)8-16(13)7-10-2-4-11(14)5-3-10/h2-6,8H,7,15H2,1H3. The van der Waals surface area contributed by atoms with Crippen LogP contribution < -0.4 is 5.73 Å². The quantitative estimate of drug-likeness (QED) is 0.826. The zero-order chi connectivity index (χ0) is 12.4. The summed E-state index contributed by atoms with van der Waals surface area (Å²) in [6.07, 6.45) is 1.71. The van der Waals surface area contributed by atoms with Gasteiger partial charge < -0.3 is 10.3 Å². The van der Waals surface area contributed by atoms with Crippen molar-refractivity contribution in [1.82, 2.24) is 4.57 Å². The summed E-state index contributed by atoms with van der Waals surface area (Å²) < 4.78 is 14.5. The van der Waals surface area contributed by atoms with Gasteiger partial charge in [0.15, 0.2) is 5.78 Å². The lowest BCUT2D eigenvalue weighted by Gasteiger charge is -2.06. The average Bonchev–Trinajstić information content (AvgIpc) is 2.63. The maximum Gasteiger partial charge on any atom is 0.176 e. The Morgan fingerprint density at radius 1 is 1.35 bits per heavy atom. The lowest BCUT2D eigenvalue weighted by atomic mass is 10.2. The second-order valence-corrected chi connectivity index (χ2v) is 3.97. The minimum absolute atomic E-state index is 0.0381. The molecule has 2 N–H and O–H groups in total. The molecule has 0 spiro atoms. The van der Waals surface area contributed by atoms with Crippen molar-refractivity contribution in [1.29, 1.82) is 0 Å². The third-order valence-electron chi connectivity index (χ3n) is 2.54. The second kappa shape index (κ2) is 4.41. The Hall–Kier alpha value is -2.10. The zero-order valence-corrected chi connectivity index (χ0v) is 9.48. The monoisotopic (exact) mass is 232 g/mol. The minimum Gasteiger partial charge on any atom is -0.397 e. The minimum atomic E-state index is -0.271. The van der Waals surface area contributed by atoms with Gasteiger partial charge in [-0.2, -0.15) is 0 Å². The number of nitrogen functional groups attached to an aromatic ring is 1. The summed E-state index contributed by atoms with van der Waals surface area (Å²) >= 11 is 0. The predicted octanol–water partition coefficient (Wildman–Crippen LogP) is 2.46. The van der Waals surface area contributed by atoms with Gasteiger partial charge in [0.05, 0.1) is 11.4 Å². The summed E-state index contributed by atoms with van der Waals surface area (Å²) in [5.74, 6) is -0.309. The fraction of sp³-hybridized carbons (Fsp3) is 0.154. The van der Waals surface area contributed by atoms with E-state index in [0.29, 0.717) is 17.9 Å². The summed E-state index contributed by atoms with van der Waals surface area (Å²) in [7, 11) is 0. The van der Waals surface area contributed by atoms with E-state index in [9.17, 15) is 9.18 Å². The molecule has 1 heterocycles. The SMILES string of the molecule is CC(=O)c1cc(N)cn1Cc1ccc(F)cc1. The van der Waals surface area contributed by atoms with Crippen LogP contribution in [0.3, 0.4) is 0 Å². The number of hydrogen-bond donors (Lipinski definition) is 1. The molecule has 17 heavy (non-hydrogen) atoms. The van der Waals surface area contributed by atoms with Crippen molar-refractivity contribution in [2.24, 2.45) is 0 Å². The molecular weight excluding hydrogens is 219 g/mol. The molecule has 0 aliphatic rings. The van der Waals surface area contributed by atoms with Crippen molar-refractivity contribution in [3.8, 4) is 0 Å². The highest BCUT2D eigenvalue weighted by atomic mass is 19.1. The maximum atomic E-state index is 12.8. The van der Waals surface area contributed by atoms with E-state index in [4.69, 9.17) is 5.73 Å². The van der Waals surface area contributed by atoms with Gasteiger partial charge in [0, 0.05) is 19.7 Å². The van der Waals surface area contributed by atoms with Crippen molar-refractivity contribution in [3.05, 3.63) is 53.6 Å². The summed E-state index contributed by atoms with van der Waals surface area (Å²) in [5, 5.41) is 0. The molecule has 1 aromatic carbocycles. The molecule has 0 radical (unpaired) electrons. The van der Waals surface area contributed by atoms with Crippen LogP contribution >= 0.6 is 0 Å². The van der Waals surface area contributed by atoms with Gasteiger partial charge in [-0.25, -0.2) is 4.39 Å². The molecule has 0 unspecified atom stereocenters. The Morgan fingerprint density at radius 3 is 2.59 bits per heavy atom. The lowest BCUT2D eigenvalue weighted by molar-refractivity contribution is 0.100. The Kier molecular flexibility index (Phi) is 2.95. The molecule has 0 aliphatic heterocycles. The molecule has 0 atom stereocenters. The van der Waals surface area contributed by atoms with Gasteiger partial charge in [-0.05, 0) is 23.8 Å². The molecule has 3 nitrogen and oxygen atoms in total. The van der Waals surface area contributed by atoms with Crippen molar-refractivity contribution < 1.29 is 9.18 Å². The Bertz CT molecular complexity index is 543. The van der Waals surface area contributed by atoms with Gasteiger partial charge in [-0.1, -0.05) is 12.1 Å². The van der Waals surface area contributed by atoms with E-state index in [1.807, 2.05) is 0 Å². The predicted molar refractivity (Wildman–Crippen MR) is 64.4 cm³/mol. The van der Waals surface area contributed by atoms with Crippen molar-refractivity contribution >= 4 is 11.5 Å². The first-order valence-corrected chi connectivity index (χ1v) is 5.27. The lowest BCUT2D eigenvalue weighted by Crippen LogP contribution is -2.06. The summed E-state index contributed by atoms with van der Waals surface area (Å²) in [6.45, 7) is 2.00. The molecule has 0 bridgehead atoms. The summed E-state index contributed by atoms with van der Waals surface area (Å²) in [4.78, 5) is 11.4. The molecule has 0 fully saturated rings. The maximum absolute atomic E-state index is 12.8. The molecule has 0 saturated heterocycles. The van der Waals surface area contributed by atoms with Crippen LogP contribution in [0.15, 0.2) is 36.5 Å². The van der Waals surface area contributed by atoms with Crippen LogP contribution in [0.25, 0.3) is 0 Å². The number of halogens is 1. The molecule has 0 aliphatic carbocycles. The number of aromatic nitrogens is 1. The van der Waals surface area contributed by atoms with Gasteiger partial charge in [-0.3, -0.25) is 4.79 Å². The largest absolute Gasteiger partial charge is 0.397 e. The number of Topliss-reactive ketones (excluding diaryl/α,β-unsaturated/α-hetero) is 1. The first-order chi connectivity index (χ1) is 8.06. The number of carbonyl (C=O) groups excluding carboxylic acids is 1. The van der Waals surface area contributed by atoms with Gasteiger partial charge in [0.2, 0.25) is 0 Å². The van der Waals surface area contributed by atoms with E-state index in [1.165, 1.54) is 19.1 Å². The van der Waals surface area contributed by atoms with Crippen LogP contribution in [0.5, 0.6) is 0 Å². The number of rotatable bonds is 3. The van der Waals surface area contributed by atoms with Crippen LogP contribution in [0.2, 0.25) is 0 Å². The normalized spacial score (nSPS) is 10.5. The smallest absolute Gasteiger partial charge is 0.176 e. The van der Waals surface area contributed by atoms with Crippen LogP contribution in [-0.4, -0.2) is 10.4 Å². The second-order valence-electron chi connectivity index (χ2n) is 3.97.